The smallest absolute Gasteiger partial charge is 0.303 e. The van der Waals surface area contributed by atoms with Gasteiger partial charge in [0.05, 0.1) is 19.3 Å². The van der Waals surface area contributed by atoms with Gasteiger partial charge in [-0.15, -0.1) is 6.42 Å². The molecule has 0 spiro atoms. The van der Waals surface area contributed by atoms with Crippen LogP contribution < -0.4 is 0 Å². The molecule has 7 nitrogen and oxygen atoms in total. The third kappa shape index (κ3) is 7.26. The molecule has 0 aromatic heterocycles. The highest BCUT2D eigenvalue weighted by Crippen LogP contribution is 2.31. The minimum absolute atomic E-state index is 0.152. The minimum Gasteiger partial charge on any atom is -0.458 e. The average Bonchev–Trinajstić information content (AvgIpc) is 2.53. The van der Waals surface area contributed by atoms with E-state index in [4.69, 9.17) is 30.1 Å². The molecule has 140 valence electrons. The predicted octanol–water partition coefficient (Wildman–Crippen LogP) is 1.45. The van der Waals surface area contributed by atoms with Gasteiger partial charge in [-0.05, 0) is 6.92 Å². The molecule has 1 aliphatic rings. The van der Waals surface area contributed by atoms with Crippen molar-refractivity contribution < 1.29 is 33.3 Å². The maximum Gasteiger partial charge on any atom is 0.303 e. The molecular formula is C18H26O7. The van der Waals surface area contributed by atoms with E-state index < -0.39 is 30.4 Å². The Hall–Kier alpha value is -1.88. The first-order chi connectivity index (χ1) is 11.9. The standard InChI is InChI=1S/C18H26O7/c1-6-9-21-10-7-8-11-22-18-17(25-15(5)20)16(24-14(4)19)12(2)13(3)23-18/h1,7-8,12-13,16-18H,9-11H2,2-5H3/b8-7-/t12-,13?,16+,17?,18-/m1/s1. The third-order valence-corrected chi connectivity index (χ3v) is 3.73. The zero-order valence-corrected chi connectivity index (χ0v) is 15.1. The Morgan fingerprint density at radius 1 is 1.08 bits per heavy atom. The first-order valence-corrected chi connectivity index (χ1v) is 8.14. The van der Waals surface area contributed by atoms with Crippen molar-refractivity contribution in [1.29, 1.82) is 0 Å². The monoisotopic (exact) mass is 354 g/mol. The number of carbonyl (C=O) groups is 2. The summed E-state index contributed by atoms with van der Waals surface area (Å²) < 4.78 is 27.2. The van der Waals surface area contributed by atoms with Crippen molar-refractivity contribution in [1.82, 2.24) is 0 Å². The van der Waals surface area contributed by atoms with Crippen LogP contribution in [0.5, 0.6) is 0 Å². The van der Waals surface area contributed by atoms with Gasteiger partial charge in [-0.2, -0.15) is 0 Å². The molecule has 1 aliphatic heterocycles. The van der Waals surface area contributed by atoms with E-state index in [2.05, 4.69) is 5.92 Å². The van der Waals surface area contributed by atoms with Crippen molar-refractivity contribution in [3.63, 3.8) is 0 Å². The zero-order valence-electron chi connectivity index (χ0n) is 15.1. The molecule has 1 rings (SSSR count). The number of hydrogen-bond acceptors (Lipinski definition) is 7. The van der Waals surface area contributed by atoms with E-state index in [0.717, 1.165) is 0 Å². The summed E-state index contributed by atoms with van der Waals surface area (Å²) in [5.74, 6) is 1.26. The second-order valence-electron chi connectivity index (χ2n) is 5.74. The Labute approximate surface area is 148 Å². The van der Waals surface area contributed by atoms with Crippen LogP contribution in [0.4, 0.5) is 0 Å². The lowest BCUT2D eigenvalue weighted by molar-refractivity contribution is -0.284. The minimum atomic E-state index is -0.837. The Morgan fingerprint density at radius 3 is 2.28 bits per heavy atom. The van der Waals surface area contributed by atoms with E-state index in [9.17, 15) is 9.59 Å². The molecule has 1 fully saturated rings. The van der Waals surface area contributed by atoms with Gasteiger partial charge in [0.1, 0.15) is 12.7 Å². The van der Waals surface area contributed by atoms with Crippen LogP contribution >= 0.6 is 0 Å². The fourth-order valence-electron chi connectivity index (χ4n) is 2.42. The quantitative estimate of drug-likeness (QED) is 0.282. The van der Waals surface area contributed by atoms with Gasteiger partial charge in [-0.25, -0.2) is 0 Å². The van der Waals surface area contributed by atoms with Crippen LogP contribution in [-0.4, -0.2) is 56.4 Å². The summed E-state index contributed by atoms with van der Waals surface area (Å²) in [6, 6.07) is 0. The third-order valence-electron chi connectivity index (χ3n) is 3.73. The fourth-order valence-corrected chi connectivity index (χ4v) is 2.42. The molecule has 25 heavy (non-hydrogen) atoms. The Kier molecular flexibility index (Phi) is 9.21. The van der Waals surface area contributed by atoms with E-state index in [1.165, 1.54) is 13.8 Å². The van der Waals surface area contributed by atoms with E-state index in [1.807, 2.05) is 13.8 Å². The van der Waals surface area contributed by atoms with Crippen LogP contribution in [0.15, 0.2) is 12.2 Å². The largest absolute Gasteiger partial charge is 0.458 e. The second-order valence-corrected chi connectivity index (χ2v) is 5.74. The first-order valence-electron chi connectivity index (χ1n) is 8.14. The second kappa shape index (κ2) is 10.9. The van der Waals surface area contributed by atoms with Crippen LogP contribution in [0.2, 0.25) is 0 Å². The Balaban J connectivity index is 2.71. The van der Waals surface area contributed by atoms with Crippen molar-refractivity contribution >= 4 is 11.9 Å². The summed E-state index contributed by atoms with van der Waals surface area (Å²) in [6.07, 6.45) is 6.04. The molecule has 1 heterocycles. The van der Waals surface area contributed by atoms with Crippen molar-refractivity contribution in [2.24, 2.45) is 5.92 Å². The molecule has 2 unspecified atom stereocenters. The SMILES string of the molecule is C#CCOC/C=C\CO[C@@H]1OC(C)[C@@H](C)[C@H](OC(C)=O)C1OC(C)=O. The van der Waals surface area contributed by atoms with Crippen molar-refractivity contribution in [3.05, 3.63) is 12.2 Å². The fraction of sp³-hybridized carbons (Fsp3) is 0.667. The van der Waals surface area contributed by atoms with E-state index in [0.29, 0.717) is 6.61 Å². The summed E-state index contributed by atoms with van der Waals surface area (Å²) in [6.45, 7) is 7.15. The normalized spacial score (nSPS) is 29.2. The van der Waals surface area contributed by atoms with Crippen molar-refractivity contribution in [2.75, 3.05) is 19.8 Å². The summed E-state index contributed by atoms with van der Waals surface area (Å²) >= 11 is 0. The molecule has 0 N–H and O–H groups in total. The van der Waals surface area contributed by atoms with Crippen molar-refractivity contribution in [2.45, 2.75) is 52.3 Å². The molecule has 0 bridgehead atoms. The van der Waals surface area contributed by atoms with Crippen LogP contribution in [0.1, 0.15) is 27.7 Å². The highest BCUT2D eigenvalue weighted by Gasteiger charge is 2.46. The number of carbonyl (C=O) groups excluding carboxylic acids is 2. The first kappa shape index (κ1) is 21.2. The van der Waals surface area contributed by atoms with Gasteiger partial charge < -0.3 is 23.7 Å². The number of esters is 2. The maximum absolute atomic E-state index is 11.4. The lowest BCUT2D eigenvalue weighted by Gasteiger charge is -2.42. The van der Waals surface area contributed by atoms with Gasteiger partial charge in [-0.1, -0.05) is 25.0 Å². The summed E-state index contributed by atoms with van der Waals surface area (Å²) in [5.41, 5.74) is 0. The van der Waals surface area contributed by atoms with Crippen LogP contribution in [0.3, 0.4) is 0 Å². The topological polar surface area (TPSA) is 80.3 Å². The molecule has 1 saturated heterocycles. The number of hydrogen-bond donors (Lipinski definition) is 0. The van der Waals surface area contributed by atoms with Gasteiger partial charge in [0.15, 0.2) is 12.4 Å². The van der Waals surface area contributed by atoms with E-state index in [-0.39, 0.29) is 25.2 Å². The average molecular weight is 354 g/mol. The van der Waals surface area contributed by atoms with Gasteiger partial charge in [-0.3, -0.25) is 9.59 Å². The number of terminal acetylenes is 1. The van der Waals surface area contributed by atoms with Crippen molar-refractivity contribution in [3.8, 4) is 12.3 Å². The lowest BCUT2D eigenvalue weighted by Crippen LogP contribution is -2.56. The molecule has 0 aromatic rings. The summed E-state index contributed by atoms with van der Waals surface area (Å²) in [5, 5.41) is 0. The zero-order chi connectivity index (χ0) is 18.8. The van der Waals surface area contributed by atoms with Gasteiger partial charge in [0, 0.05) is 19.8 Å². The number of rotatable bonds is 8. The van der Waals surface area contributed by atoms with Crippen LogP contribution in [-0.2, 0) is 33.3 Å². The molecule has 7 heteroatoms. The predicted molar refractivity (Wildman–Crippen MR) is 89.4 cm³/mol. The molecule has 5 atom stereocenters. The maximum atomic E-state index is 11.4. The molecule has 0 amide bonds. The highest BCUT2D eigenvalue weighted by molar-refractivity contribution is 5.67. The molecule has 0 radical (unpaired) electrons. The van der Waals surface area contributed by atoms with E-state index in [1.54, 1.807) is 12.2 Å². The molecule has 0 aromatic carbocycles. The molecule has 0 aliphatic carbocycles. The summed E-state index contributed by atoms with van der Waals surface area (Å²) in [4.78, 5) is 22.8. The Bertz CT molecular complexity index is 508. The highest BCUT2D eigenvalue weighted by atomic mass is 16.7. The number of ether oxygens (including phenoxy) is 5. The Morgan fingerprint density at radius 2 is 1.68 bits per heavy atom. The van der Waals surface area contributed by atoms with Gasteiger partial charge >= 0.3 is 11.9 Å². The van der Waals surface area contributed by atoms with Gasteiger partial charge in [0.2, 0.25) is 0 Å². The van der Waals surface area contributed by atoms with Gasteiger partial charge in [0.25, 0.3) is 0 Å². The molecular weight excluding hydrogens is 328 g/mol. The van der Waals surface area contributed by atoms with Crippen LogP contribution in [0, 0.1) is 18.3 Å². The summed E-state index contributed by atoms with van der Waals surface area (Å²) in [7, 11) is 0. The lowest BCUT2D eigenvalue weighted by atomic mass is 9.91. The molecule has 0 saturated carbocycles. The van der Waals surface area contributed by atoms with E-state index >= 15 is 0 Å². The van der Waals surface area contributed by atoms with Crippen LogP contribution in [0.25, 0.3) is 0 Å².